The third kappa shape index (κ3) is 5.05. The summed E-state index contributed by atoms with van der Waals surface area (Å²) in [6.07, 6.45) is 5.18. The molecule has 136 valence electrons. The number of hydrogen-bond acceptors (Lipinski definition) is 3. The summed E-state index contributed by atoms with van der Waals surface area (Å²) in [5.41, 5.74) is 6.96. The largest absolute Gasteiger partial charge is 0.352 e. The van der Waals surface area contributed by atoms with Gasteiger partial charge in [0, 0.05) is 38.0 Å². The van der Waals surface area contributed by atoms with Crippen LogP contribution < -0.4 is 11.1 Å². The predicted molar refractivity (Wildman–Crippen MR) is 97.8 cm³/mol. The van der Waals surface area contributed by atoms with Crippen molar-refractivity contribution < 1.29 is 9.59 Å². The topological polar surface area (TPSA) is 75.4 Å². The fraction of sp³-hybridized carbons (Fsp3) is 0.600. The molecule has 3 rings (SSSR count). The van der Waals surface area contributed by atoms with E-state index in [1.54, 1.807) is 0 Å². The molecule has 0 bridgehead atoms. The lowest BCUT2D eigenvalue weighted by molar-refractivity contribution is -0.135. The van der Waals surface area contributed by atoms with Crippen LogP contribution in [-0.2, 0) is 16.0 Å². The van der Waals surface area contributed by atoms with E-state index in [-0.39, 0.29) is 23.8 Å². The van der Waals surface area contributed by atoms with E-state index in [9.17, 15) is 9.59 Å². The van der Waals surface area contributed by atoms with E-state index < -0.39 is 0 Å². The van der Waals surface area contributed by atoms with Crippen LogP contribution in [0.3, 0.4) is 0 Å². The maximum atomic E-state index is 12.4. The predicted octanol–water partition coefficient (Wildman–Crippen LogP) is 1.71. The molecule has 0 spiro atoms. The monoisotopic (exact) mass is 343 g/mol. The quantitative estimate of drug-likeness (QED) is 0.791. The minimum atomic E-state index is 0.0194. The average Bonchev–Trinajstić information content (AvgIpc) is 3.50. The van der Waals surface area contributed by atoms with Gasteiger partial charge in [-0.3, -0.25) is 9.59 Å². The van der Waals surface area contributed by atoms with Crippen LogP contribution in [0.2, 0.25) is 0 Å². The Hall–Kier alpha value is -1.88. The Balaban J connectivity index is 1.40. The van der Waals surface area contributed by atoms with Crippen molar-refractivity contribution in [1.29, 1.82) is 0 Å². The van der Waals surface area contributed by atoms with Crippen LogP contribution in [0.25, 0.3) is 0 Å². The highest BCUT2D eigenvalue weighted by atomic mass is 16.2. The van der Waals surface area contributed by atoms with E-state index >= 15 is 0 Å². The van der Waals surface area contributed by atoms with E-state index in [1.807, 2.05) is 23.1 Å². The number of carbonyl (C=O) groups excluding carboxylic acids is 2. The lowest BCUT2D eigenvalue weighted by Crippen LogP contribution is -2.48. The van der Waals surface area contributed by atoms with Crippen LogP contribution in [0, 0.1) is 11.8 Å². The fourth-order valence-electron chi connectivity index (χ4n) is 3.61. The van der Waals surface area contributed by atoms with Gasteiger partial charge < -0.3 is 16.0 Å². The summed E-state index contributed by atoms with van der Waals surface area (Å²) in [6, 6.07) is 10.2. The number of hydrogen-bond donors (Lipinski definition) is 2. The van der Waals surface area contributed by atoms with Crippen molar-refractivity contribution in [2.45, 2.75) is 44.6 Å². The van der Waals surface area contributed by atoms with Gasteiger partial charge in [0.25, 0.3) is 0 Å². The number of aryl methyl sites for hydroxylation is 1. The van der Waals surface area contributed by atoms with E-state index in [0.717, 1.165) is 19.3 Å². The Kier molecular flexibility index (Phi) is 6.08. The number of likely N-dealkylation sites (tertiary alicyclic amines) is 1. The molecule has 0 radical (unpaired) electrons. The van der Waals surface area contributed by atoms with Crippen LogP contribution in [0.1, 0.15) is 37.7 Å². The molecule has 0 aromatic heterocycles. The van der Waals surface area contributed by atoms with Crippen molar-refractivity contribution in [2.75, 3.05) is 19.6 Å². The first-order valence-corrected chi connectivity index (χ1v) is 9.49. The molecule has 1 saturated carbocycles. The third-order valence-electron chi connectivity index (χ3n) is 5.46. The molecule has 5 heteroatoms. The molecule has 1 aliphatic carbocycles. The van der Waals surface area contributed by atoms with Crippen LogP contribution in [0.15, 0.2) is 30.3 Å². The van der Waals surface area contributed by atoms with Crippen LogP contribution in [0.5, 0.6) is 0 Å². The minimum absolute atomic E-state index is 0.0194. The standard InChI is InChI=1S/C20H29N3O2/c21-14-18(16-7-8-16)22-20(25)17-10-12-23(13-11-17)19(24)9-6-15-4-2-1-3-5-15/h1-5,16-18H,6-14,21H2,(H,22,25). The highest BCUT2D eigenvalue weighted by molar-refractivity contribution is 5.80. The molecule has 1 saturated heterocycles. The number of piperidine rings is 1. The van der Waals surface area contributed by atoms with Crippen molar-refractivity contribution in [3.63, 3.8) is 0 Å². The van der Waals surface area contributed by atoms with Crippen molar-refractivity contribution in [3.05, 3.63) is 35.9 Å². The lowest BCUT2D eigenvalue weighted by Gasteiger charge is -2.32. The van der Waals surface area contributed by atoms with Crippen molar-refractivity contribution >= 4 is 11.8 Å². The third-order valence-corrected chi connectivity index (χ3v) is 5.46. The second kappa shape index (κ2) is 8.48. The number of rotatable bonds is 7. The molecule has 1 aromatic rings. The van der Waals surface area contributed by atoms with Crippen LogP contribution in [-0.4, -0.2) is 42.4 Å². The van der Waals surface area contributed by atoms with Gasteiger partial charge in [0.15, 0.2) is 0 Å². The molecule has 25 heavy (non-hydrogen) atoms. The first-order chi connectivity index (χ1) is 12.2. The summed E-state index contributed by atoms with van der Waals surface area (Å²) < 4.78 is 0. The van der Waals surface area contributed by atoms with Gasteiger partial charge in [0.05, 0.1) is 0 Å². The highest BCUT2D eigenvalue weighted by Gasteiger charge is 2.34. The van der Waals surface area contributed by atoms with Crippen molar-refractivity contribution in [3.8, 4) is 0 Å². The van der Waals surface area contributed by atoms with E-state index in [1.165, 1.54) is 18.4 Å². The number of carbonyl (C=O) groups is 2. The fourth-order valence-corrected chi connectivity index (χ4v) is 3.61. The zero-order chi connectivity index (χ0) is 17.6. The summed E-state index contributed by atoms with van der Waals surface area (Å²) in [5.74, 6) is 0.916. The first kappa shape index (κ1) is 17.9. The smallest absolute Gasteiger partial charge is 0.223 e. The second-order valence-corrected chi connectivity index (χ2v) is 7.33. The van der Waals surface area contributed by atoms with Gasteiger partial charge in [-0.15, -0.1) is 0 Å². The molecule has 2 aliphatic rings. The Morgan fingerprint density at radius 3 is 2.40 bits per heavy atom. The molecular formula is C20H29N3O2. The Bertz CT molecular complexity index is 578. The van der Waals surface area contributed by atoms with Gasteiger partial charge in [-0.2, -0.15) is 0 Å². The van der Waals surface area contributed by atoms with Gasteiger partial charge in [0.1, 0.15) is 0 Å². The van der Waals surface area contributed by atoms with Crippen molar-refractivity contribution in [1.82, 2.24) is 10.2 Å². The summed E-state index contributed by atoms with van der Waals surface area (Å²) in [5, 5.41) is 3.12. The van der Waals surface area contributed by atoms with Gasteiger partial charge in [-0.25, -0.2) is 0 Å². The number of nitrogens with two attached hydrogens (primary N) is 1. The zero-order valence-corrected chi connectivity index (χ0v) is 14.8. The van der Waals surface area contributed by atoms with E-state index in [0.29, 0.717) is 32.0 Å². The summed E-state index contributed by atoms with van der Waals surface area (Å²) in [4.78, 5) is 26.7. The van der Waals surface area contributed by atoms with Gasteiger partial charge in [-0.05, 0) is 43.6 Å². The zero-order valence-electron chi connectivity index (χ0n) is 14.8. The Morgan fingerprint density at radius 2 is 1.80 bits per heavy atom. The van der Waals surface area contributed by atoms with Gasteiger partial charge >= 0.3 is 0 Å². The van der Waals surface area contributed by atoms with E-state index in [4.69, 9.17) is 5.73 Å². The van der Waals surface area contributed by atoms with Gasteiger partial charge in [0.2, 0.25) is 11.8 Å². The van der Waals surface area contributed by atoms with Gasteiger partial charge in [-0.1, -0.05) is 30.3 Å². The first-order valence-electron chi connectivity index (χ1n) is 9.49. The molecular weight excluding hydrogens is 314 g/mol. The number of amides is 2. The molecule has 1 aromatic carbocycles. The minimum Gasteiger partial charge on any atom is -0.352 e. The number of benzene rings is 1. The highest BCUT2D eigenvalue weighted by Crippen LogP contribution is 2.32. The van der Waals surface area contributed by atoms with Crippen molar-refractivity contribution in [2.24, 2.45) is 17.6 Å². The molecule has 1 unspecified atom stereocenters. The molecule has 1 aliphatic heterocycles. The van der Waals surface area contributed by atoms with E-state index in [2.05, 4.69) is 17.4 Å². The molecule has 1 heterocycles. The van der Waals surface area contributed by atoms with Crippen LogP contribution in [0.4, 0.5) is 0 Å². The summed E-state index contributed by atoms with van der Waals surface area (Å²) >= 11 is 0. The maximum absolute atomic E-state index is 12.4. The molecule has 5 nitrogen and oxygen atoms in total. The summed E-state index contributed by atoms with van der Waals surface area (Å²) in [7, 11) is 0. The average molecular weight is 343 g/mol. The number of nitrogens with one attached hydrogen (secondary N) is 1. The lowest BCUT2D eigenvalue weighted by atomic mass is 9.95. The molecule has 1 atom stereocenters. The SMILES string of the molecule is NCC(NC(=O)C1CCN(C(=O)CCc2ccccc2)CC1)C1CC1. The second-order valence-electron chi connectivity index (χ2n) is 7.33. The summed E-state index contributed by atoms with van der Waals surface area (Å²) in [6.45, 7) is 1.89. The molecule has 2 fully saturated rings. The van der Waals surface area contributed by atoms with Crippen LogP contribution >= 0.6 is 0 Å². The maximum Gasteiger partial charge on any atom is 0.223 e. The molecule has 2 amide bonds. The molecule has 3 N–H and O–H groups in total. The number of nitrogens with zero attached hydrogens (tertiary/aromatic N) is 1. The Morgan fingerprint density at radius 1 is 1.12 bits per heavy atom. The Labute approximate surface area is 150 Å². The normalized spacial score (nSPS) is 19.5.